The topological polar surface area (TPSA) is 35.2 Å². The molecule has 0 saturated heterocycles. The molecule has 1 aromatic carbocycles. The molecule has 0 heterocycles. The average molecular weight is 233 g/mol. The molecular weight excluding hydrogens is 210 g/mol. The second-order valence-electron chi connectivity index (χ2n) is 4.32. The van der Waals surface area contributed by atoms with E-state index in [2.05, 4.69) is 32.0 Å². The summed E-state index contributed by atoms with van der Waals surface area (Å²) in [6.07, 6.45) is 5.87. The van der Waals surface area contributed by atoms with Crippen LogP contribution in [0.4, 0.5) is 0 Å². The molecule has 2 heteroatoms. The first kappa shape index (κ1) is 13.8. The van der Waals surface area contributed by atoms with E-state index in [9.17, 15) is 0 Å². The predicted molar refractivity (Wildman–Crippen MR) is 73.5 cm³/mol. The van der Waals surface area contributed by atoms with Gasteiger partial charge < -0.3 is 10.5 Å². The third kappa shape index (κ3) is 4.23. The predicted octanol–water partition coefficient (Wildman–Crippen LogP) is 3.23. The summed E-state index contributed by atoms with van der Waals surface area (Å²) in [4.78, 5) is 0. The maximum Gasteiger partial charge on any atom is 0.125 e. The van der Waals surface area contributed by atoms with Crippen LogP contribution in [0.15, 0.2) is 30.4 Å². The number of nitrogens with two attached hydrogens (primary N) is 1. The number of ether oxygens (including phenoxy) is 1. The standard InChI is InChI=1S/C15H23NO/c1-4-6-10-17-15-12(3)8-7-9-13(15)11-14(16)5-2/h4,6-9,14H,5,10-11,16H2,1-3H3/b6-4+. The van der Waals surface area contributed by atoms with Crippen molar-refractivity contribution >= 4 is 0 Å². The van der Waals surface area contributed by atoms with Crippen molar-refractivity contribution in [2.45, 2.75) is 39.7 Å². The molecule has 17 heavy (non-hydrogen) atoms. The number of allylic oxidation sites excluding steroid dienone is 1. The first-order valence-electron chi connectivity index (χ1n) is 6.27. The Morgan fingerprint density at radius 2 is 2.18 bits per heavy atom. The molecule has 0 saturated carbocycles. The van der Waals surface area contributed by atoms with E-state index in [1.54, 1.807) is 0 Å². The Kier molecular flexibility index (Phi) is 5.78. The zero-order valence-electron chi connectivity index (χ0n) is 11.1. The third-order valence-electron chi connectivity index (χ3n) is 2.86. The summed E-state index contributed by atoms with van der Waals surface area (Å²) in [5.41, 5.74) is 8.40. The fourth-order valence-electron chi connectivity index (χ4n) is 1.73. The van der Waals surface area contributed by atoms with Crippen LogP contribution in [0.25, 0.3) is 0 Å². The van der Waals surface area contributed by atoms with Crippen molar-refractivity contribution in [3.63, 3.8) is 0 Å². The maximum atomic E-state index is 6.01. The van der Waals surface area contributed by atoms with Gasteiger partial charge in [-0.05, 0) is 37.8 Å². The van der Waals surface area contributed by atoms with Crippen LogP contribution in [0, 0.1) is 6.92 Å². The van der Waals surface area contributed by atoms with Gasteiger partial charge in [0, 0.05) is 6.04 Å². The monoisotopic (exact) mass is 233 g/mol. The number of rotatable bonds is 6. The highest BCUT2D eigenvalue weighted by Crippen LogP contribution is 2.24. The number of para-hydroxylation sites is 1. The summed E-state index contributed by atoms with van der Waals surface area (Å²) >= 11 is 0. The van der Waals surface area contributed by atoms with Crippen LogP contribution in [-0.2, 0) is 6.42 Å². The van der Waals surface area contributed by atoms with E-state index in [1.165, 1.54) is 11.1 Å². The Morgan fingerprint density at radius 1 is 1.41 bits per heavy atom. The van der Waals surface area contributed by atoms with Gasteiger partial charge in [0.25, 0.3) is 0 Å². The summed E-state index contributed by atoms with van der Waals surface area (Å²) in [6, 6.07) is 6.45. The van der Waals surface area contributed by atoms with Crippen molar-refractivity contribution in [1.82, 2.24) is 0 Å². The lowest BCUT2D eigenvalue weighted by molar-refractivity contribution is 0.354. The van der Waals surface area contributed by atoms with Crippen molar-refractivity contribution in [2.24, 2.45) is 5.73 Å². The quantitative estimate of drug-likeness (QED) is 0.766. The van der Waals surface area contributed by atoms with Gasteiger partial charge in [-0.3, -0.25) is 0 Å². The van der Waals surface area contributed by atoms with Crippen LogP contribution in [0.5, 0.6) is 5.75 Å². The fourth-order valence-corrected chi connectivity index (χ4v) is 1.73. The Morgan fingerprint density at radius 3 is 2.82 bits per heavy atom. The Labute approximate surface area is 104 Å². The molecule has 0 fully saturated rings. The van der Waals surface area contributed by atoms with Crippen molar-refractivity contribution in [2.75, 3.05) is 6.61 Å². The van der Waals surface area contributed by atoms with Gasteiger partial charge in [0.1, 0.15) is 12.4 Å². The highest BCUT2D eigenvalue weighted by Gasteiger charge is 2.09. The SMILES string of the molecule is C/C=C/COc1c(C)cccc1CC(N)CC. The van der Waals surface area contributed by atoms with Crippen LogP contribution >= 0.6 is 0 Å². The molecule has 0 radical (unpaired) electrons. The maximum absolute atomic E-state index is 6.01. The fraction of sp³-hybridized carbons (Fsp3) is 0.467. The molecule has 0 bridgehead atoms. The summed E-state index contributed by atoms with van der Waals surface area (Å²) < 4.78 is 5.81. The van der Waals surface area contributed by atoms with Crippen LogP contribution in [0.2, 0.25) is 0 Å². The van der Waals surface area contributed by atoms with Gasteiger partial charge in [-0.15, -0.1) is 0 Å². The molecule has 0 spiro atoms. The summed E-state index contributed by atoms with van der Waals surface area (Å²) in [5.74, 6) is 0.995. The van der Waals surface area contributed by atoms with E-state index in [4.69, 9.17) is 10.5 Å². The minimum atomic E-state index is 0.209. The lowest BCUT2D eigenvalue weighted by atomic mass is 10.0. The van der Waals surface area contributed by atoms with Crippen molar-refractivity contribution < 1.29 is 4.74 Å². The molecule has 2 N–H and O–H groups in total. The van der Waals surface area contributed by atoms with E-state index in [-0.39, 0.29) is 6.04 Å². The Bertz CT molecular complexity index is 371. The first-order chi connectivity index (χ1) is 8.19. The minimum Gasteiger partial charge on any atom is -0.489 e. The van der Waals surface area contributed by atoms with Gasteiger partial charge in [-0.25, -0.2) is 0 Å². The van der Waals surface area contributed by atoms with Gasteiger partial charge in [0.05, 0.1) is 0 Å². The molecule has 1 rings (SSSR count). The van der Waals surface area contributed by atoms with E-state index in [1.807, 2.05) is 19.1 Å². The number of benzene rings is 1. The number of hydrogen-bond acceptors (Lipinski definition) is 2. The molecule has 0 aromatic heterocycles. The molecule has 0 aliphatic carbocycles. The average Bonchev–Trinajstić information content (AvgIpc) is 2.32. The van der Waals surface area contributed by atoms with Crippen LogP contribution < -0.4 is 10.5 Å². The molecule has 1 aromatic rings. The van der Waals surface area contributed by atoms with Crippen LogP contribution in [-0.4, -0.2) is 12.6 Å². The van der Waals surface area contributed by atoms with Gasteiger partial charge in [0.15, 0.2) is 0 Å². The third-order valence-corrected chi connectivity index (χ3v) is 2.86. The molecule has 2 nitrogen and oxygen atoms in total. The highest BCUT2D eigenvalue weighted by molar-refractivity contribution is 5.41. The highest BCUT2D eigenvalue weighted by atomic mass is 16.5. The van der Waals surface area contributed by atoms with Gasteiger partial charge in [-0.2, -0.15) is 0 Å². The van der Waals surface area contributed by atoms with E-state index in [0.29, 0.717) is 6.61 Å². The van der Waals surface area contributed by atoms with Crippen molar-refractivity contribution in [3.8, 4) is 5.75 Å². The van der Waals surface area contributed by atoms with E-state index in [0.717, 1.165) is 18.6 Å². The lowest BCUT2D eigenvalue weighted by Gasteiger charge is -2.15. The van der Waals surface area contributed by atoms with E-state index < -0.39 is 0 Å². The number of hydrogen-bond donors (Lipinski definition) is 1. The molecule has 1 atom stereocenters. The second kappa shape index (κ2) is 7.13. The minimum absolute atomic E-state index is 0.209. The van der Waals surface area contributed by atoms with Crippen LogP contribution in [0.3, 0.4) is 0 Å². The lowest BCUT2D eigenvalue weighted by Crippen LogP contribution is -2.21. The largest absolute Gasteiger partial charge is 0.489 e. The number of aryl methyl sites for hydroxylation is 1. The summed E-state index contributed by atoms with van der Waals surface area (Å²) in [6.45, 7) is 6.80. The van der Waals surface area contributed by atoms with Crippen LogP contribution in [0.1, 0.15) is 31.4 Å². The van der Waals surface area contributed by atoms with E-state index >= 15 is 0 Å². The van der Waals surface area contributed by atoms with Crippen molar-refractivity contribution in [3.05, 3.63) is 41.5 Å². The zero-order valence-corrected chi connectivity index (χ0v) is 11.1. The molecule has 0 amide bonds. The molecule has 0 aliphatic rings. The van der Waals surface area contributed by atoms with Gasteiger partial charge in [-0.1, -0.05) is 37.3 Å². The summed E-state index contributed by atoms with van der Waals surface area (Å²) in [7, 11) is 0. The summed E-state index contributed by atoms with van der Waals surface area (Å²) in [5, 5.41) is 0. The normalized spacial score (nSPS) is 12.9. The zero-order chi connectivity index (χ0) is 12.7. The molecule has 94 valence electrons. The Hall–Kier alpha value is -1.28. The molecule has 0 aliphatic heterocycles. The Balaban J connectivity index is 2.83. The first-order valence-corrected chi connectivity index (χ1v) is 6.27. The smallest absolute Gasteiger partial charge is 0.125 e. The molecule has 1 unspecified atom stereocenters. The van der Waals surface area contributed by atoms with Gasteiger partial charge >= 0.3 is 0 Å². The van der Waals surface area contributed by atoms with Gasteiger partial charge in [0.2, 0.25) is 0 Å². The molecular formula is C15H23NO. The van der Waals surface area contributed by atoms with Crippen molar-refractivity contribution in [1.29, 1.82) is 0 Å². The second-order valence-corrected chi connectivity index (χ2v) is 4.32.